The zero-order valence-electron chi connectivity index (χ0n) is 19.4. The Morgan fingerprint density at radius 2 is 1.67 bits per heavy atom. The molecule has 0 bridgehead atoms. The van der Waals surface area contributed by atoms with Crippen LogP contribution in [0.1, 0.15) is 22.6 Å². The third kappa shape index (κ3) is 4.53. The molecule has 0 spiro atoms. The van der Waals surface area contributed by atoms with E-state index in [1.54, 1.807) is 19.1 Å². The molecule has 8 nitrogen and oxygen atoms in total. The van der Waals surface area contributed by atoms with E-state index in [4.69, 9.17) is 13.9 Å². The third-order valence-corrected chi connectivity index (χ3v) is 6.27. The molecule has 5 rings (SSSR count). The van der Waals surface area contributed by atoms with Crippen LogP contribution in [-0.2, 0) is 9.53 Å². The Labute approximate surface area is 206 Å². The number of alkyl carbamates (subject to hydrolysis) is 1. The molecule has 0 fully saturated rings. The highest BCUT2D eigenvalue weighted by Crippen LogP contribution is 2.44. The predicted molar refractivity (Wildman–Crippen MR) is 132 cm³/mol. The smallest absolute Gasteiger partial charge is 0.407 e. The number of nitrogens with one attached hydrogen (secondary N) is 1. The summed E-state index contributed by atoms with van der Waals surface area (Å²) in [6, 6.07) is 20.8. The van der Waals surface area contributed by atoms with Gasteiger partial charge in [0, 0.05) is 23.4 Å². The minimum absolute atomic E-state index is 0.0656. The standard InChI is InChI=1S/C28H23NO7/c1-16-12-26(30)36-25-13-17(10-11-18(16)25)34-15-24(27(31)32)29-28(33)35-14-23-21-8-4-2-6-19(21)20-7-3-5-9-22(20)23/h2-13,23-24H,14-15H2,1H3,(H,29,33)(H,31,32)/t24-/m0/s1. The highest BCUT2D eigenvalue weighted by atomic mass is 16.6. The van der Waals surface area contributed by atoms with Gasteiger partial charge in [0.05, 0.1) is 0 Å². The van der Waals surface area contributed by atoms with E-state index in [-0.39, 0.29) is 19.1 Å². The summed E-state index contributed by atoms with van der Waals surface area (Å²) in [7, 11) is 0. The molecule has 4 aromatic rings. The van der Waals surface area contributed by atoms with Crippen LogP contribution in [0.2, 0.25) is 0 Å². The highest BCUT2D eigenvalue weighted by molar-refractivity contribution is 5.82. The average Bonchev–Trinajstić information content (AvgIpc) is 3.18. The van der Waals surface area contributed by atoms with E-state index in [9.17, 15) is 19.5 Å². The van der Waals surface area contributed by atoms with Gasteiger partial charge in [-0.3, -0.25) is 0 Å². The molecule has 0 saturated carbocycles. The van der Waals surface area contributed by atoms with Crippen LogP contribution >= 0.6 is 0 Å². The summed E-state index contributed by atoms with van der Waals surface area (Å²) in [5.74, 6) is -1.11. The molecule has 182 valence electrons. The maximum absolute atomic E-state index is 12.5. The van der Waals surface area contributed by atoms with Crippen LogP contribution in [0.25, 0.3) is 22.1 Å². The van der Waals surface area contributed by atoms with Crippen LogP contribution < -0.4 is 15.7 Å². The Morgan fingerprint density at radius 3 is 2.33 bits per heavy atom. The largest absolute Gasteiger partial charge is 0.491 e. The third-order valence-electron chi connectivity index (χ3n) is 6.27. The first-order valence-corrected chi connectivity index (χ1v) is 11.4. The van der Waals surface area contributed by atoms with Gasteiger partial charge in [0.15, 0.2) is 6.04 Å². The van der Waals surface area contributed by atoms with Gasteiger partial charge in [0.25, 0.3) is 0 Å². The first-order chi connectivity index (χ1) is 17.4. The van der Waals surface area contributed by atoms with Gasteiger partial charge in [0.2, 0.25) is 0 Å². The fraction of sp³-hybridized carbons (Fsp3) is 0.179. The number of carboxylic acids is 1. The molecule has 8 heteroatoms. The zero-order chi connectivity index (χ0) is 25.2. The number of aliphatic carboxylic acids is 1. The molecule has 0 saturated heterocycles. The Morgan fingerprint density at radius 1 is 1.00 bits per heavy atom. The van der Waals surface area contributed by atoms with Crippen LogP contribution in [0.4, 0.5) is 4.79 Å². The minimum atomic E-state index is -1.35. The maximum atomic E-state index is 12.5. The number of benzene rings is 3. The first kappa shape index (κ1) is 23.2. The molecule has 1 aromatic heterocycles. The topological polar surface area (TPSA) is 115 Å². The number of amides is 1. The molecular weight excluding hydrogens is 462 g/mol. The summed E-state index contributed by atoms with van der Waals surface area (Å²) in [5.41, 5.74) is 4.91. The number of carbonyl (C=O) groups excluding carboxylic acids is 1. The molecule has 1 atom stereocenters. The summed E-state index contributed by atoms with van der Waals surface area (Å²) in [6.45, 7) is 1.51. The molecule has 1 heterocycles. The van der Waals surface area contributed by atoms with Gasteiger partial charge in [0.1, 0.15) is 24.5 Å². The van der Waals surface area contributed by atoms with E-state index in [1.165, 1.54) is 12.1 Å². The zero-order valence-corrected chi connectivity index (χ0v) is 19.4. The number of carboxylic acid groups (broad SMARTS) is 1. The summed E-state index contributed by atoms with van der Waals surface area (Å²) < 4.78 is 16.2. The van der Waals surface area contributed by atoms with Crippen molar-refractivity contribution < 1.29 is 28.6 Å². The molecule has 1 amide bonds. The summed E-state index contributed by atoms with van der Waals surface area (Å²) >= 11 is 0. The summed E-state index contributed by atoms with van der Waals surface area (Å²) in [5, 5.41) is 12.7. The number of aryl methyl sites for hydroxylation is 1. The van der Waals surface area contributed by atoms with Gasteiger partial charge in [-0.25, -0.2) is 14.4 Å². The number of carbonyl (C=O) groups is 2. The van der Waals surface area contributed by atoms with Crippen molar-refractivity contribution in [3.8, 4) is 16.9 Å². The monoisotopic (exact) mass is 485 g/mol. The Hall–Kier alpha value is -4.59. The van der Waals surface area contributed by atoms with Gasteiger partial charge in [-0.2, -0.15) is 0 Å². The Balaban J connectivity index is 1.23. The van der Waals surface area contributed by atoms with Gasteiger partial charge in [-0.15, -0.1) is 0 Å². The molecule has 1 aliphatic carbocycles. The minimum Gasteiger partial charge on any atom is -0.491 e. The normalized spacial score (nSPS) is 13.0. The van der Waals surface area contributed by atoms with Gasteiger partial charge in [-0.1, -0.05) is 48.5 Å². The summed E-state index contributed by atoms with van der Waals surface area (Å²) in [4.78, 5) is 35.9. The summed E-state index contributed by atoms with van der Waals surface area (Å²) in [6.07, 6.45) is -0.854. The quantitative estimate of drug-likeness (QED) is 0.371. The lowest BCUT2D eigenvalue weighted by atomic mass is 9.98. The number of ether oxygens (including phenoxy) is 2. The van der Waals surface area contributed by atoms with E-state index in [0.29, 0.717) is 11.3 Å². The maximum Gasteiger partial charge on any atom is 0.407 e. The average molecular weight is 485 g/mol. The number of fused-ring (bicyclic) bond motifs is 4. The van der Waals surface area contributed by atoms with Crippen LogP contribution in [0.5, 0.6) is 5.75 Å². The van der Waals surface area contributed by atoms with Crippen LogP contribution in [-0.4, -0.2) is 36.4 Å². The van der Waals surface area contributed by atoms with E-state index in [0.717, 1.165) is 33.2 Å². The molecule has 1 aliphatic rings. The highest BCUT2D eigenvalue weighted by Gasteiger charge is 2.30. The van der Waals surface area contributed by atoms with Crippen molar-refractivity contribution in [1.29, 1.82) is 0 Å². The molecule has 2 N–H and O–H groups in total. The second kappa shape index (κ2) is 9.58. The van der Waals surface area contributed by atoms with Crippen molar-refractivity contribution in [3.05, 3.63) is 99.9 Å². The van der Waals surface area contributed by atoms with E-state index in [1.807, 2.05) is 48.5 Å². The van der Waals surface area contributed by atoms with E-state index < -0.39 is 23.7 Å². The van der Waals surface area contributed by atoms with Crippen molar-refractivity contribution in [2.75, 3.05) is 13.2 Å². The lowest BCUT2D eigenvalue weighted by molar-refractivity contribution is -0.140. The van der Waals surface area contributed by atoms with Crippen molar-refractivity contribution in [1.82, 2.24) is 5.32 Å². The van der Waals surface area contributed by atoms with Crippen LogP contribution in [0.3, 0.4) is 0 Å². The SMILES string of the molecule is Cc1cc(=O)oc2cc(OC[C@H](NC(=O)OCC3c4ccccc4-c4ccccc43)C(=O)O)ccc12. The molecular formula is C28H23NO7. The van der Waals surface area contributed by atoms with Gasteiger partial charge < -0.3 is 24.3 Å². The first-order valence-electron chi connectivity index (χ1n) is 11.4. The lowest BCUT2D eigenvalue weighted by Gasteiger charge is -2.18. The van der Waals surface area contributed by atoms with Crippen LogP contribution in [0.15, 0.2) is 82.0 Å². The Kier molecular flexibility index (Phi) is 6.16. The Bertz CT molecular complexity index is 1480. The van der Waals surface area contributed by atoms with Crippen molar-refractivity contribution in [3.63, 3.8) is 0 Å². The molecule has 3 aromatic carbocycles. The van der Waals surface area contributed by atoms with Crippen molar-refractivity contribution in [2.45, 2.75) is 18.9 Å². The van der Waals surface area contributed by atoms with Crippen LogP contribution in [0, 0.1) is 6.92 Å². The van der Waals surface area contributed by atoms with Gasteiger partial charge in [-0.05, 0) is 46.9 Å². The molecule has 0 unspecified atom stereocenters. The molecule has 0 aliphatic heterocycles. The second-order valence-electron chi connectivity index (χ2n) is 8.58. The van der Waals surface area contributed by atoms with E-state index >= 15 is 0 Å². The van der Waals surface area contributed by atoms with Gasteiger partial charge >= 0.3 is 17.7 Å². The van der Waals surface area contributed by atoms with Crippen molar-refractivity contribution >= 4 is 23.0 Å². The number of hydrogen-bond acceptors (Lipinski definition) is 6. The fourth-order valence-corrected chi connectivity index (χ4v) is 4.53. The molecule has 36 heavy (non-hydrogen) atoms. The van der Waals surface area contributed by atoms with Crippen molar-refractivity contribution in [2.24, 2.45) is 0 Å². The molecule has 0 radical (unpaired) electrons. The lowest BCUT2D eigenvalue weighted by Crippen LogP contribution is -2.45. The fourth-order valence-electron chi connectivity index (χ4n) is 4.53. The second-order valence-corrected chi connectivity index (χ2v) is 8.58. The number of hydrogen-bond donors (Lipinski definition) is 2. The predicted octanol–water partition coefficient (Wildman–Crippen LogP) is 4.47. The van der Waals surface area contributed by atoms with E-state index in [2.05, 4.69) is 5.32 Å². The number of rotatable bonds is 7.